The molecule has 4 nitrogen and oxygen atoms in total. The lowest BCUT2D eigenvalue weighted by Crippen LogP contribution is -2.86. The van der Waals surface area contributed by atoms with Crippen molar-refractivity contribution in [2.75, 3.05) is 13.1 Å². The minimum Gasteiger partial charge on any atom is -0.346 e. The molecule has 2 heterocycles. The van der Waals surface area contributed by atoms with Crippen LogP contribution in [-0.4, -0.2) is 23.2 Å². The summed E-state index contributed by atoms with van der Waals surface area (Å²) in [5, 5.41) is 7.07. The average molecular weight is 265 g/mol. The van der Waals surface area contributed by atoms with Gasteiger partial charge in [-0.15, -0.1) is 0 Å². The molecular weight excluding hydrogens is 250 g/mol. The van der Waals surface area contributed by atoms with E-state index < -0.39 is 0 Å². The quantitative estimate of drug-likeness (QED) is 0.900. The van der Waals surface area contributed by atoms with Gasteiger partial charge in [-0.05, 0) is 37.1 Å². The van der Waals surface area contributed by atoms with Gasteiger partial charge >= 0.3 is 0 Å². The molecule has 0 amide bonds. The Hall–Kier alpha value is -1.39. The van der Waals surface area contributed by atoms with Gasteiger partial charge < -0.3 is 9.84 Å². The predicted molar refractivity (Wildman–Crippen MR) is 68.4 cm³/mol. The molecule has 18 heavy (non-hydrogen) atoms. The second-order valence-electron chi connectivity index (χ2n) is 4.62. The zero-order valence-electron chi connectivity index (χ0n) is 9.97. The molecule has 0 radical (unpaired) electrons. The Labute approximate surface area is 110 Å². The molecule has 2 aromatic rings. The number of hydrogen-bond acceptors (Lipinski definition) is 3. The van der Waals surface area contributed by atoms with Crippen molar-refractivity contribution >= 4 is 11.6 Å². The minimum absolute atomic E-state index is 0.396. The van der Waals surface area contributed by atoms with E-state index in [1.807, 2.05) is 24.3 Å². The largest absolute Gasteiger partial charge is 0.346 e. The van der Waals surface area contributed by atoms with Gasteiger partial charge in [-0.25, -0.2) is 0 Å². The first-order valence-corrected chi connectivity index (χ1v) is 6.62. The van der Waals surface area contributed by atoms with Crippen molar-refractivity contribution in [2.45, 2.75) is 18.8 Å². The van der Waals surface area contributed by atoms with Crippen molar-refractivity contribution in [2.24, 2.45) is 0 Å². The monoisotopic (exact) mass is 264 g/mol. The number of aromatic nitrogens is 2. The first kappa shape index (κ1) is 11.7. The third kappa shape index (κ3) is 2.40. The van der Waals surface area contributed by atoms with Crippen LogP contribution in [0, 0.1) is 0 Å². The molecule has 1 atom stereocenters. The van der Waals surface area contributed by atoms with Crippen molar-refractivity contribution in [1.29, 1.82) is 0 Å². The van der Waals surface area contributed by atoms with Gasteiger partial charge in [-0.1, -0.05) is 16.8 Å². The van der Waals surface area contributed by atoms with Gasteiger partial charge in [0.1, 0.15) is 0 Å². The van der Waals surface area contributed by atoms with Crippen molar-refractivity contribution < 1.29 is 9.84 Å². The van der Waals surface area contributed by atoms with E-state index in [-0.39, 0.29) is 0 Å². The molecule has 2 N–H and O–H groups in total. The number of hydrogen-bond donors (Lipinski definition) is 1. The number of halogens is 1. The van der Waals surface area contributed by atoms with Gasteiger partial charge in [-0.3, -0.25) is 0 Å². The fourth-order valence-corrected chi connectivity index (χ4v) is 2.41. The van der Waals surface area contributed by atoms with Crippen LogP contribution in [0.4, 0.5) is 0 Å². The highest BCUT2D eigenvalue weighted by molar-refractivity contribution is 6.30. The lowest BCUT2D eigenvalue weighted by atomic mass is 10.00. The first-order valence-electron chi connectivity index (χ1n) is 6.24. The van der Waals surface area contributed by atoms with Crippen LogP contribution in [0.3, 0.4) is 0 Å². The molecule has 1 saturated heterocycles. The molecule has 1 aliphatic heterocycles. The number of nitrogens with zero attached hydrogens (tertiary/aromatic N) is 2. The minimum atomic E-state index is 0.396. The lowest BCUT2D eigenvalue weighted by Gasteiger charge is -2.15. The van der Waals surface area contributed by atoms with Crippen molar-refractivity contribution in [3.05, 3.63) is 35.2 Å². The van der Waals surface area contributed by atoms with Crippen LogP contribution in [0.25, 0.3) is 11.4 Å². The van der Waals surface area contributed by atoms with E-state index in [1.54, 1.807) is 0 Å². The maximum atomic E-state index is 5.86. The standard InChI is InChI=1S/C13H14ClN3O/c14-11-5-3-9(4-6-11)12-16-13(18-17-12)10-2-1-7-15-8-10/h3-6,10,15H,1-2,7-8H2/p+1/t10-/m1/s1. The highest BCUT2D eigenvalue weighted by Gasteiger charge is 2.23. The highest BCUT2D eigenvalue weighted by atomic mass is 35.5. The van der Waals surface area contributed by atoms with Crippen LogP contribution in [0.1, 0.15) is 24.7 Å². The van der Waals surface area contributed by atoms with Gasteiger partial charge in [-0.2, -0.15) is 4.98 Å². The SMILES string of the molecule is Clc1ccc(-c2noc([C@@H]3CCC[NH2+]C3)n2)cc1. The maximum absolute atomic E-state index is 5.86. The number of nitrogens with two attached hydrogens (primary N) is 1. The maximum Gasteiger partial charge on any atom is 0.235 e. The second-order valence-corrected chi connectivity index (χ2v) is 5.05. The Morgan fingerprint density at radius 1 is 1.28 bits per heavy atom. The smallest absolute Gasteiger partial charge is 0.235 e. The number of piperidine rings is 1. The Morgan fingerprint density at radius 2 is 2.11 bits per heavy atom. The summed E-state index contributed by atoms with van der Waals surface area (Å²) in [6, 6.07) is 7.48. The average Bonchev–Trinajstić information content (AvgIpc) is 2.90. The van der Waals surface area contributed by atoms with E-state index in [2.05, 4.69) is 15.5 Å². The van der Waals surface area contributed by atoms with Gasteiger partial charge in [0.15, 0.2) is 0 Å². The molecule has 0 saturated carbocycles. The summed E-state index contributed by atoms with van der Waals surface area (Å²) in [6.07, 6.45) is 2.35. The van der Waals surface area contributed by atoms with E-state index in [1.165, 1.54) is 13.0 Å². The van der Waals surface area contributed by atoms with E-state index in [4.69, 9.17) is 16.1 Å². The first-order chi connectivity index (χ1) is 8.83. The van der Waals surface area contributed by atoms with Gasteiger partial charge in [0.05, 0.1) is 19.0 Å². The highest BCUT2D eigenvalue weighted by Crippen LogP contribution is 2.23. The molecule has 5 heteroatoms. The Balaban J connectivity index is 1.82. The van der Waals surface area contributed by atoms with Crippen LogP contribution in [0.2, 0.25) is 5.02 Å². The Morgan fingerprint density at radius 3 is 2.83 bits per heavy atom. The number of quaternary nitrogens is 1. The summed E-state index contributed by atoms with van der Waals surface area (Å²) in [5.41, 5.74) is 0.939. The molecule has 0 bridgehead atoms. The van der Waals surface area contributed by atoms with Gasteiger partial charge in [0.25, 0.3) is 0 Å². The van der Waals surface area contributed by atoms with Crippen LogP contribution in [0.5, 0.6) is 0 Å². The fraction of sp³-hybridized carbons (Fsp3) is 0.385. The van der Waals surface area contributed by atoms with Gasteiger partial charge in [0.2, 0.25) is 11.7 Å². The Bertz CT molecular complexity index is 517. The summed E-state index contributed by atoms with van der Waals surface area (Å²) in [6.45, 7) is 2.25. The lowest BCUT2D eigenvalue weighted by molar-refractivity contribution is -0.665. The summed E-state index contributed by atoms with van der Waals surface area (Å²) >= 11 is 5.86. The van der Waals surface area contributed by atoms with Crippen LogP contribution in [0.15, 0.2) is 28.8 Å². The van der Waals surface area contributed by atoms with E-state index in [0.29, 0.717) is 16.8 Å². The third-order valence-electron chi connectivity index (χ3n) is 3.31. The van der Waals surface area contributed by atoms with E-state index in [0.717, 1.165) is 24.4 Å². The molecular formula is C13H15ClN3O+. The molecule has 1 aromatic carbocycles. The number of rotatable bonds is 2. The summed E-state index contributed by atoms with van der Waals surface area (Å²) in [7, 11) is 0. The summed E-state index contributed by atoms with van der Waals surface area (Å²) in [4.78, 5) is 4.49. The zero-order chi connectivity index (χ0) is 12.4. The molecule has 0 spiro atoms. The molecule has 1 aliphatic rings. The van der Waals surface area contributed by atoms with Crippen molar-refractivity contribution in [1.82, 2.24) is 10.1 Å². The molecule has 0 aliphatic carbocycles. The summed E-state index contributed by atoms with van der Waals surface area (Å²) < 4.78 is 5.37. The zero-order valence-corrected chi connectivity index (χ0v) is 10.7. The Kier molecular flexibility index (Phi) is 3.30. The topological polar surface area (TPSA) is 55.5 Å². The molecule has 1 fully saturated rings. The van der Waals surface area contributed by atoms with Gasteiger partial charge in [0, 0.05) is 10.6 Å². The van der Waals surface area contributed by atoms with Crippen molar-refractivity contribution in [3.63, 3.8) is 0 Å². The number of benzene rings is 1. The van der Waals surface area contributed by atoms with E-state index >= 15 is 0 Å². The van der Waals surface area contributed by atoms with Crippen molar-refractivity contribution in [3.8, 4) is 11.4 Å². The van der Waals surface area contributed by atoms with E-state index in [9.17, 15) is 0 Å². The third-order valence-corrected chi connectivity index (χ3v) is 3.56. The molecule has 3 rings (SSSR count). The normalized spacial score (nSPS) is 19.9. The molecule has 0 unspecified atom stereocenters. The van der Waals surface area contributed by atoms with Crippen LogP contribution in [-0.2, 0) is 0 Å². The molecule has 1 aromatic heterocycles. The van der Waals surface area contributed by atoms with Crippen LogP contribution >= 0.6 is 11.6 Å². The second kappa shape index (κ2) is 5.08. The summed E-state index contributed by atoms with van der Waals surface area (Å²) in [5.74, 6) is 1.80. The molecule has 94 valence electrons. The predicted octanol–water partition coefficient (Wildman–Crippen LogP) is 1.83. The van der Waals surface area contributed by atoms with Crippen LogP contribution < -0.4 is 5.32 Å². The fourth-order valence-electron chi connectivity index (χ4n) is 2.29.